The highest BCUT2D eigenvalue weighted by Gasteiger charge is 2.34. The zero-order chi connectivity index (χ0) is 18.0. The first-order valence-electron chi connectivity index (χ1n) is 7.94. The highest BCUT2D eigenvalue weighted by molar-refractivity contribution is 5.84. The second kappa shape index (κ2) is 6.75. The largest absolute Gasteiger partial charge is 0.429 e. The van der Waals surface area contributed by atoms with Gasteiger partial charge in [0.15, 0.2) is 11.6 Å². The second-order valence-corrected chi connectivity index (χ2v) is 5.84. The van der Waals surface area contributed by atoms with Crippen molar-refractivity contribution in [2.45, 2.75) is 25.9 Å². The smallest absolute Gasteiger partial charge is 0.426 e. The van der Waals surface area contributed by atoms with E-state index in [2.05, 4.69) is 0 Å². The number of benzene rings is 3. The lowest BCUT2D eigenvalue weighted by molar-refractivity contribution is -0.185. The molecular formula is C20H16F4O. The fourth-order valence-electron chi connectivity index (χ4n) is 2.64. The molecule has 0 atom stereocenters. The van der Waals surface area contributed by atoms with Crippen LogP contribution in [0.25, 0.3) is 10.8 Å². The van der Waals surface area contributed by atoms with Gasteiger partial charge in [0, 0.05) is 0 Å². The fourth-order valence-corrected chi connectivity index (χ4v) is 2.64. The van der Waals surface area contributed by atoms with Crippen LogP contribution in [0, 0.1) is 11.6 Å². The molecule has 3 aromatic carbocycles. The van der Waals surface area contributed by atoms with Gasteiger partial charge < -0.3 is 4.74 Å². The zero-order valence-corrected chi connectivity index (χ0v) is 13.5. The Morgan fingerprint density at radius 2 is 1.48 bits per heavy atom. The molecule has 0 spiro atoms. The summed E-state index contributed by atoms with van der Waals surface area (Å²) in [7, 11) is 0. The summed E-state index contributed by atoms with van der Waals surface area (Å²) in [5, 5.41) is 0.684. The van der Waals surface area contributed by atoms with E-state index in [1.165, 1.54) is 30.3 Å². The first-order chi connectivity index (χ1) is 11.9. The monoisotopic (exact) mass is 348 g/mol. The fraction of sp³-hybridized carbons (Fsp3) is 0.200. The number of hydrogen-bond acceptors (Lipinski definition) is 1. The van der Waals surface area contributed by atoms with Crippen LogP contribution in [0.2, 0.25) is 0 Å². The normalized spacial score (nSPS) is 11.7. The lowest BCUT2D eigenvalue weighted by Gasteiger charge is -2.19. The van der Waals surface area contributed by atoms with Crippen molar-refractivity contribution in [3.63, 3.8) is 0 Å². The molecule has 0 N–H and O–H groups in total. The molecule has 0 aromatic heterocycles. The Labute approximate surface area is 142 Å². The van der Waals surface area contributed by atoms with Crippen LogP contribution in [0.4, 0.5) is 17.6 Å². The van der Waals surface area contributed by atoms with Crippen molar-refractivity contribution in [2.75, 3.05) is 0 Å². The van der Waals surface area contributed by atoms with Crippen LogP contribution in [0.5, 0.6) is 5.75 Å². The predicted molar refractivity (Wildman–Crippen MR) is 88.8 cm³/mol. The van der Waals surface area contributed by atoms with Gasteiger partial charge in [-0.2, -0.15) is 8.78 Å². The van der Waals surface area contributed by atoms with Crippen LogP contribution < -0.4 is 4.74 Å². The minimum atomic E-state index is -3.53. The highest BCUT2D eigenvalue weighted by Crippen LogP contribution is 2.33. The van der Waals surface area contributed by atoms with E-state index >= 15 is 0 Å². The molecule has 0 amide bonds. The van der Waals surface area contributed by atoms with Gasteiger partial charge in [-0.3, -0.25) is 0 Å². The first-order valence-corrected chi connectivity index (χ1v) is 7.94. The molecule has 0 unspecified atom stereocenters. The standard InChI is InChI=1S/C20H16F4O/c1-2-3-13-4-7-16(8-5-13)20(23,24)25-17-9-6-14-11-18(21)19(22)12-15(14)10-17/h4-12H,2-3H2,1H3. The number of alkyl halides is 2. The maximum atomic E-state index is 14.3. The van der Waals surface area contributed by atoms with Gasteiger partial charge in [-0.05, 0) is 59.2 Å². The van der Waals surface area contributed by atoms with E-state index in [1.54, 1.807) is 12.1 Å². The molecule has 0 bridgehead atoms. The average molecular weight is 348 g/mol. The lowest BCUT2D eigenvalue weighted by atomic mass is 10.1. The quantitative estimate of drug-likeness (QED) is 0.499. The molecule has 3 aromatic rings. The van der Waals surface area contributed by atoms with E-state index in [1.807, 2.05) is 6.92 Å². The SMILES string of the molecule is CCCc1ccc(C(F)(F)Oc2ccc3cc(F)c(F)cc3c2)cc1. The molecule has 0 saturated heterocycles. The number of rotatable bonds is 5. The molecule has 130 valence electrons. The number of fused-ring (bicyclic) bond motifs is 1. The maximum Gasteiger partial charge on any atom is 0.426 e. The van der Waals surface area contributed by atoms with Crippen LogP contribution >= 0.6 is 0 Å². The van der Waals surface area contributed by atoms with Gasteiger partial charge in [0.05, 0.1) is 5.56 Å². The molecule has 0 aliphatic rings. The van der Waals surface area contributed by atoms with Gasteiger partial charge in [-0.25, -0.2) is 8.78 Å². The first kappa shape index (κ1) is 17.3. The van der Waals surface area contributed by atoms with Crippen LogP contribution in [0.3, 0.4) is 0 Å². The lowest BCUT2D eigenvalue weighted by Crippen LogP contribution is -2.21. The zero-order valence-electron chi connectivity index (χ0n) is 13.5. The van der Waals surface area contributed by atoms with Crippen molar-refractivity contribution in [1.82, 2.24) is 0 Å². The van der Waals surface area contributed by atoms with Crippen molar-refractivity contribution in [1.29, 1.82) is 0 Å². The minimum absolute atomic E-state index is 0.124. The van der Waals surface area contributed by atoms with E-state index in [-0.39, 0.29) is 16.7 Å². The molecular weight excluding hydrogens is 332 g/mol. The number of ether oxygens (including phenoxy) is 1. The Bertz CT molecular complexity index is 888. The molecule has 1 nitrogen and oxygen atoms in total. The molecule has 25 heavy (non-hydrogen) atoms. The summed E-state index contributed by atoms with van der Waals surface area (Å²) in [5.74, 6) is -2.15. The number of aryl methyl sites for hydroxylation is 1. The summed E-state index contributed by atoms with van der Waals surface area (Å²) in [6, 6.07) is 11.9. The van der Waals surface area contributed by atoms with Crippen molar-refractivity contribution in [3.05, 3.63) is 77.4 Å². The van der Waals surface area contributed by atoms with E-state index in [0.717, 1.165) is 30.5 Å². The summed E-state index contributed by atoms with van der Waals surface area (Å²) in [6.07, 6.45) is -1.78. The Hall–Kier alpha value is -2.56. The maximum absolute atomic E-state index is 14.3. The van der Waals surface area contributed by atoms with Crippen LogP contribution in [0.1, 0.15) is 24.5 Å². The van der Waals surface area contributed by atoms with Gasteiger partial charge in [0.1, 0.15) is 5.75 Å². The number of hydrogen-bond donors (Lipinski definition) is 0. The molecule has 0 aliphatic carbocycles. The molecule has 0 saturated carbocycles. The van der Waals surface area contributed by atoms with Gasteiger partial charge >= 0.3 is 6.11 Å². The third-order valence-electron chi connectivity index (χ3n) is 3.93. The summed E-state index contributed by atoms with van der Waals surface area (Å²) >= 11 is 0. The highest BCUT2D eigenvalue weighted by atomic mass is 19.3. The van der Waals surface area contributed by atoms with Crippen LogP contribution in [-0.2, 0) is 12.5 Å². The Balaban J connectivity index is 1.86. The second-order valence-electron chi connectivity index (χ2n) is 5.84. The van der Waals surface area contributed by atoms with Gasteiger partial charge in [0.25, 0.3) is 0 Å². The number of halogens is 4. The van der Waals surface area contributed by atoms with Crippen molar-refractivity contribution in [3.8, 4) is 5.75 Å². The van der Waals surface area contributed by atoms with E-state index in [0.29, 0.717) is 5.39 Å². The van der Waals surface area contributed by atoms with Gasteiger partial charge in [0.2, 0.25) is 0 Å². The molecule has 5 heteroatoms. The Morgan fingerprint density at radius 3 is 2.12 bits per heavy atom. The summed E-state index contributed by atoms with van der Waals surface area (Å²) in [4.78, 5) is 0. The van der Waals surface area contributed by atoms with E-state index < -0.39 is 17.7 Å². The summed E-state index contributed by atoms with van der Waals surface area (Å²) in [5.41, 5.74) is 0.711. The average Bonchev–Trinajstić information content (AvgIpc) is 2.57. The van der Waals surface area contributed by atoms with Crippen molar-refractivity contribution in [2.24, 2.45) is 0 Å². The van der Waals surface area contributed by atoms with Gasteiger partial charge in [-0.15, -0.1) is 0 Å². The Kier molecular flexibility index (Phi) is 4.66. The van der Waals surface area contributed by atoms with Crippen LogP contribution in [-0.4, -0.2) is 0 Å². The Morgan fingerprint density at radius 1 is 0.840 bits per heavy atom. The third kappa shape index (κ3) is 3.76. The van der Waals surface area contributed by atoms with Gasteiger partial charge in [-0.1, -0.05) is 31.5 Å². The van der Waals surface area contributed by atoms with Crippen LogP contribution in [0.15, 0.2) is 54.6 Å². The topological polar surface area (TPSA) is 9.23 Å². The summed E-state index contributed by atoms with van der Waals surface area (Å²) < 4.78 is 60.0. The molecule has 0 heterocycles. The summed E-state index contributed by atoms with van der Waals surface area (Å²) in [6.45, 7) is 2.01. The molecule has 3 rings (SSSR count). The predicted octanol–water partition coefficient (Wildman–Crippen LogP) is 6.20. The van der Waals surface area contributed by atoms with Crippen molar-refractivity contribution >= 4 is 10.8 Å². The molecule has 0 radical (unpaired) electrons. The van der Waals surface area contributed by atoms with E-state index in [9.17, 15) is 17.6 Å². The molecule has 0 fully saturated rings. The molecule has 0 aliphatic heterocycles. The van der Waals surface area contributed by atoms with Crippen molar-refractivity contribution < 1.29 is 22.3 Å². The van der Waals surface area contributed by atoms with E-state index in [4.69, 9.17) is 4.74 Å². The minimum Gasteiger partial charge on any atom is -0.429 e. The third-order valence-corrected chi connectivity index (χ3v) is 3.93.